The van der Waals surface area contributed by atoms with Gasteiger partial charge in [-0.3, -0.25) is 4.79 Å². The van der Waals surface area contributed by atoms with Gasteiger partial charge in [0.05, 0.1) is 6.54 Å². The van der Waals surface area contributed by atoms with Gasteiger partial charge in [0.15, 0.2) is 0 Å². The Hall–Kier alpha value is -2.49. The lowest BCUT2D eigenvalue weighted by atomic mass is 10.3. The van der Waals surface area contributed by atoms with Crippen molar-refractivity contribution in [1.82, 2.24) is 24.2 Å². The first-order valence-electron chi connectivity index (χ1n) is 9.77. The van der Waals surface area contributed by atoms with Gasteiger partial charge in [-0.25, -0.2) is 15.0 Å². The van der Waals surface area contributed by atoms with Crippen molar-refractivity contribution in [3.05, 3.63) is 18.2 Å². The number of rotatable bonds is 4. The summed E-state index contributed by atoms with van der Waals surface area (Å²) in [6.07, 6.45) is 3.51. The molecule has 0 aliphatic carbocycles. The Labute approximate surface area is 169 Å². The van der Waals surface area contributed by atoms with Crippen LogP contribution in [-0.2, 0) is 11.2 Å². The Morgan fingerprint density at radius 2 is 1.71 bits per heavy atom. The van der Waals surface area contributed by atoms with Crippen LogP contribution in [0.25, 0.3) is 0 Å². The number of aryl methyl sites for hydroxylation is 1. The number of nitrogens with zero attached hydrogens (tertiary/aromatic N) is 8. The molecule has 2 saturated heterocycles. The van der Waals surface area contributed by atoms with E-state index in [9.17, 15) is 4.79 Å². The van der Waals surface area contributed by atoms with Gasteiger partial charge in [-0.15, -0.1) is 0 Å². The molecule has 0 radical (unpaired) electrons. The number of piperazine rings is 1. The molecule has 2 fully saturated rings. The van der Waals surface area contributed by atoms with Crippen LogP contribution < -0.4 is 14.7 Å². The zero-order valence-corrected chi connectivity index (χ0v) is 17.2. The number of hydrogen-bond donors (Lipinski definition) is 0. The SMILES string of the molecule is CCc1nsc(N2CCCN(c3cc(N4CCN(C)C(=O)C4)ncn3)CC2)n1. The van der Waals surface area contributed by atoms with E-state index in [1.165, 1.54) is 11.5 Å². The number of likely N-dealkylation sites (N-methyl/N-ethyl adjacent to an activating group) is 1. The van der Waals surface area contributed by atoms with Crippen molar-refractivity contribution in [2.75, 3.05) is 67.6 Å². The lowest BCUT2D eigenvalue weighted by Crippen LogP contribution is -2.48. The molecule has 0 bridgehead atoms. The highest BCUT2D eigenvalue weighted by molar-refractivity contribution is 7.09. The number of carbonyl (C=O) groups excluding carboxylic acids is 1. The summed E-state index contributed by atoms with van der Waals surface area (Å²) in [5.74, 6) is 2.79. The molecule has 0 saturated carbocycles. The second kappa shape index (κ2) is 8.26. The number of aromatic nitrogens is 4. The number of amides is 1. The Morgan fingerprint density at radius 1 is 1.00 bits per heavy atom. The highest BCUT2D eigenvalue weighted by Crippen LogP contribution is 2.23. The molecule has 1 amide bonds. The van der Waals surface area contributed by atoms with Crippen LogP contribution in [0.3, 0.4) is 0 Å². The maximum Gasteiger partial charge on any atom is 0.241 e. The van der Waals surface area contributed by atoms with Crippen molar-refractivity contribution < 1.29 is 4.79 Å². The monoisotopic (exact) mass is 402 g/mol. The van der Waals surface area contributed by atoms with Gasteiger partial charge in [-0.05, 0) is 6.42 Å². The number of carbonyl (C=O) groups is 1. The number of anilines is 3. The normalized spacial score (nSPS) is 18.6. The minimum atomic E-state index is 0.125. The maximum absolute atomic E-state index is 12.0. The highest BCUT2D eigenvalue weighted by atomic mass is 32.1. The maximum atomic E-state index is 12.0. The van der Waals surface area contributed by atoms with E-state index >= 15 is 0 Å². The molecule has 0 spiro atoms. The van der Waals surface area contributed by atoms with Crippen molar-refractivity contribution in [3.63, 3.8) is 0 Å². The van der Waals surface area contributed by atoms with Gasteiger partial charge < -0.3 is 19.6 Å². The molecule has 2 aromatic rings. The smallest absolute Gasteiger partial charge is 0.241 e. The molecule has 0 aromatic carbocycles. The summed E-state index contributed by atoms with van der Waals surface area (Å²) in [6, 6.07) is 2.01. The van der Waals surface area contributed by atoms with E-state index in [2.05, 4.69) is 36.0 Å². The van der Waals surface area contributed by atoms with E-state index in [1.807, 2.05) is 18.0 Å². The van der Waals surface area contributed by atoms with Crippen molar-refractivity contribution in [1.29, 1.82) is 0 Å². The minimum absolute atomic E-state index is 0.125. The average Bonchev–Trinajstić information content (AvgIpc) is 3.07. The predicted molar refractivity (Wildman–Crippen MR) is 110 cm³/mol. The summed E-state index contributed by atoms with van der Waals surface area (Å²) < 4.78 is 4.41. The first-order valence-corrected chi connectivity index (χ1v) is 10.5. The van der Waals surface area contributed by atoms with Crippen LogP contribution in [0.1, 0.15) is 19.2 Å². The molecule has 0 unspecified atom stereocenters. The van der Waals surface area contributed by atoms with E-state index < -0.39 is 0 Å². The molecule has 2 aromatic heterocycles. The Balaban J connectivity index is 1.44. The molecule has 2 aliphatic heterocycles. The minimum Gasteiger partial charge on any atom is -0.355 e. The third-order valence-corrected chi connectivity index (χ3v) is 6.10. The van der Waals surface area contributed by atoms with Gasteiger partial charge in [0.25, 0.3) is 0 Å². The van der Waals surface area contributed by atoms with Gasteiger partial charge in [-0.1, -0.05) is 6.92 Å². The third kappa shape index (κ3) is 4.01. The molecule has 28 heavy (non-hydrogen) atoms. The molecular formula is C18H26N8OS. The predicted octanol–water partition coefficient (Wildman–Crippen LogP) is 0.886. The van der Waals surface area contributed by atoms with Crippen LogP contribution in [0.4, 0.5) is 16.8 Å². The van der Waals surface area contributed by atoms with Crippen LogP contribution in [0.5, 0.6) is 0 Å². The van der Waals surface area contributed by atoms with Crippen LogP contribution in [0.2, 0.25) is 0 Å². The van der Waals surface area contributed by atoms with E-state index in [-0.39, 0.29) is 5.91 Å². The molecule has 4 rings (SSSR count). The molecule has 2 aliphatic rings. The second-order valence-corrected chi connectivity index (χ2v) is 7.88. The fourth-order valence-corrected chi connectivity index (χ4v) is 4.29. The van der Waals surface area contributed by atoms with Crippen LogP contribution in [0, 0.1) is 0 Å². The lowest BCUT2D eigenvalue weighted by molar-refractivity contribution is -0.129. The highest BCUT2D eigenvalue weighted by Gasteiger charge is 2.24. The lowest BCUT2D eigenvalue weighted by Gasteiger charge is -2.33. The van der Waals surface area contributed by atoms with Gasteiger partial charge in [-0.2, -0.15) is 4.37 Å². The molecule has 10 heteroatoms. The van der Waals surface area contributed by atoms with Crippen molar-refractivity contribution in [3.8, 4) is 0 Å². The summed E-state index contributed by atoms with van der Waals surface area (Å²) in [7, 11) is 1.84. The molecule has 0 N–H and O–H groups in total. The Bertz CT molecular complexity index is 827. The Kier molecular flexibility index (Phi) is 5.56. The summed E-state index contributed by atoms with van der Waals surface area (Å²) in [5, 5.41) is 1.01. The zero-order valence-electron chi connectivity index (χ0n) is 16.4. The Morgan fingerprint density at radius 3 is 2.46 bits per heavy atom. The molecule has 0 atom stereocenters. The third-order valence-electron chi connectivity index (χ3n) is 5.28. The van der Waals surface area contributed by atoms with Gasteiger partial charge >= 0.3 is 0 Å². The summed E-state index contributed by atoms with van der Waals surface area (Å²) in [4.78, 5) is 34.0. The fraction of sp³-hybridized carbons (Fsp3) is 0.611. The molecule has 9 nitrogen and oxygen atoms in total. The second-order valence-electron chi connectivity index (χ2n) is 7.15. The largest absolute Gasteiger partial charge is 0.355 e. The summed E-state index contributed by atoms with van der Waals surface area (Å²) in [6.45, 7) is 7.65. The van der Waals surface area contributed by atoms with Crippen LogP contribution in [-0.4, -0.2) is 83.0 Å². The van der Waals surface area contributed by atoms with Crippen molar-refractivity contribution in [2.24, 2.45) is 0 Å². The van der Waals surface area contributed by atoms with Crippen LogP contribution in [0.15, 0.2) is 12.4 Å². The van der Waals surface area contributed by atoms with Crippen molar-refractivity contribution >= 4 is 34.2 Å². The van der Waals surface area contributed by atoms with E-state index in [1.54, 1.807) is 11.2 Å². The van der Waals surface area contributed by atoms with Gasteiger partial charge in [0, 0.05) is 70.3 Å². The van der Waals surface area contributed by atoms with E-state index in [0.717, 1.165) is 74.7 Å². The first-order chi connectivity index (χ1) is 13.6. The molecule has 4 heterocycles. The van der Waals surface area contributed by atoms with Crippen LogP contribution >= 0.6 is 11.5 Å². The van der Waals surface area contributed by atoms with Crippen molar-refractivity contribution in [2.45, 2.75) is 19.8 Å². The number of hydrogen-bond acceptors (Lipinski definition) is 9. The topological polar surface area (TPSA) is 81.6 Å². The van der Waals surface area contributed by atoms with Gasteiger partial charge in [0.1, 0.15) is 23.8 Å². The van der Waals surface area contributed by atoms with E-state index in [4.69, 9.17) is 0 Å². The van der Waals surface area contributed by atoms with Gasteiger partial charge in [0.2, 0.25) is 11.0 Å². The van der Waals surface area contributed by atoms with E-state index in [0.29, 0.717) is 6.54 Å². The average molecular weight is 403 g/mol. The summed E-state index contributed by atoms with van der Waals surface area (Å²) >= 11 is 1.49. The standard InChI is InChI=1S/C18H26N8OS/c1-3-14-21-18(28-22-14)25-6-4-5-24(9-10-25)15-11-16(20-13-19-15)26-8-7-23(2)17(27)12-26/h11,13H,3-10,12H2,1-2H3. The molecular weight excluding hydrogens is 376 g/mol. The zero-order chi connectivity index (χ0) is 19.5. The fourth-order valence-electron chi connectivity index (χ4n) is 3.49. The first kappa shape index (κ1) is 18.9. The quantitative estimate of drug-likeness (QED) is 0.746. The molecule has 150 valence electrons. The summed E-state index contributed by atoms with van der Waals surface area (Å²) in [5.41, 5.74) is 0.